The summed E-state index contributed by atoms with van der Waals surface area (Å²) in [5.41, 5.74) is 2.68. The second-order valence-corrected chi connectivity index (χ2v) is 8.24. The molecule has 0 saturated carbocycles. The number of aliphatic hydroxyl groups is 1. The molecule has 172 valence electrons. The Labute approximate surface area is 193 Å². The van der Waals surface area contributed by atoms with Crippen LogP contribution in [-0.2, 0) is 9.59 Å². The number of furan rings is 1. The summed E-state index contributed by atoms with van der Waals surface area (Å²) in [5, 5.41) is 13.2. The van der Waals surface area contributed by atoms with Crippen LogP contribution in [0.15, 0.2) is 71.3 Å². The molecular formula is C26H28N2O5. The highest BCUT2D eigenvalue weighted by Crippen LogP contribution is 2.40. The quantitative estimate of drug-likeness (QED) is 0.571. The number of methoxy groups -OCH3 is 1. The number of aryl methyl sites for hydroxylation is 1. The predicted octanol–water partition coefficient (Wildman–Crippen LogP) is 3.93. The summed E-state index contributed by atoms with van der Waals surface area (Å²) < 4.78 is 10.5. The van der Waals surface area contributed by atoms with Gasteiger partial charge >= 0.3 is 0 Å². The Morgan fingerprint density at radius 2 is 1.91 bits per heavy atom. The maximum absolute atomic E-state index is 13.3. The van der Waals surface area contributed by atoms with Crippen LogP contribution in [0.3, 0.4) is 0 Å². The van der Waals surface area contributed by atoms with E-state index in [-0.39, 0.29) is 24.8 Å². The topological polar surface area (TPSA) is 92.0 Å². The van der Waals surface area contributed by atoms with Gasteiger partial charge in [0.2, 0.25) is 11.8 Å². The van der Waals surface area contributed by atoms with E-state index in [0.29, 0.717) is 17.9 Å². The van der Waals surface area contributed by atoms with Gasteiger partial charge in [0.05, 0.1) is 31.9 Å². The van der Waals surface area contributed by atoms with Gasteiger partial charge in [-0.05, 0) is 55.3 Å². The van der Waals surface area contributed by atoms with E-state index in [9.17, 15) is 14.7 Å². The van der Waals surface area contributed by atoms with E-state index >= 15 is 0 Å². The molecule has 2 aromatic carbocycles. The van der Waals surface area contributed by atoms with E-state index in [1.165, 1.54) is 6.26 Å². The third-order valence-corrected chi connectivity index (χ3v) is 6.04. The van der Waals surface area contributed by atoms with Crippen molar-refractivity contribution in [3.05, 3.63) is 83.8 Å². The van der Waals surface area contributed by atoms with E-state index in [1.54, 1.807) is 24.1 Å². The van der Waals surface area contributed by atoms with Crippen molar-refractivity contribution in [1.29, 1.82) is 0 Å². The van der Waals surface area contributed by atoms with Crippen molar-refractivity contribution >= 4 is 17.5 Å². The summed E-state index contributed by atoms with van der Waals surface area (Å²) >= 11 is 0. The van der Waals surface area contributed by atoms with Crippen molar-refractivity contribution in [2.75, 3.05) is 18.6 Å². The Bertz CT molecular complexity index is 1080. The highest BCUT2D eigenvalue weighted by molar-refractivity contribution is 5.97. The van der Waals surface area contributed by atoms with Crippen molar-refractivity contribution in [3.63, 3.8) is 0 Å². The number of rotatable bonds is 7. The fraction of sp³-hybridized carbons (Fsp3) is 0.308. The van der Waals surface area contributed by atoms with E-state index in [0.717, 1.165) is 16.8 Å². The lowest BCUT2D eigenvalue weighted by atomic mass is 9.83. The molecule has 1 aliphatic rings. The SMILES string of the molecule is COc1ccc(C2C(C(=O)NCC(O)c3ccco3)CCC(=O)N2c2ccc(C)cc2)cc1. The van der Waals surface area contributed by atoms with Crippen molar-refractivity contribution < 1.29 is 23.8 Å². The highest BCUT2D eigenvalue weighted by Gasteiger charge is 2.41. The van der Waals surface area contributed by atoms with Gasteiger partial charge in [-0.3, -0.25) is 9.59 Å². The standard InChI is InChI=1S/C26H28N2O5/c1-17-5-9-19(10-6-17)28-24(30)14-13-21(25(28)18-7-11-20(32-2)12-8-18)26(31)27-16-22(29)23-4-3-15-33-23/h3-12,15,21-22,25,29H,13-14,16H2,1-2H3,(H,27,31). The second-order valence-electron chi connectivity index (χ2n) is 8.24. The predicted molar refractivity (Wildman–Crippen MR) is 124 cm³/mol. The zero-order valence-corrected chi connectivity index (χ0v) is 18.7. The number of hydrogen-bond acceptors (Lipinski definition) is 5. The third-order valence-electron chi connectivity index (χ3n) is 6.04. The molecule has 0 bridgehead atoms. The van der Waals surface area contributed by atoms with Gasteiger partial charge in [0.15, 0.2) is 0 Å². The molecule has 1 fully saturated rings. The van der Waals surface area contributed by atoms with Crippen LogP contribution < -0.4 is 15.0 Å². The zero-order chi connectivity index (χ0) is 23.4. The molecule has 4 rings (SSSR count). The zero-order valence-electron chi connectivity index (χ0n) is 18.7. The maximum Gasteiger partial charge on any atom is 0.227 e. The van der Waals surface area contributed by atoms with E-state index in [1.807, 2.05) is 55.5 Å². The van der Waals surface area contributed by atoms with Crippen LogP contribution in [0.5, 0.6) is 5.75 Å². The van der Waals surface area contributed by atoms with E-state index in [2.05, 4.69) is 5.32 Å². The lowest BCUT2D eigenvalue weighted by Crippen LogP contribution is -2.48. The Morgan fingerprint density at radius 3 is 2.55 bits per heavy atom. The first kappa shape index (κ1) is 22.6. The van der Waals surface area contributed by atoms with Gasteiger partial charge < -0.3 is 24.5 Å². The van der Waals surface area contributed by atoms with Crippen LogP contribution in [0.25, 0.3) is 0 Å². The van der Waals surface area contributed by atoms with Gasteiger partial charge in [-0.15, -0.1) is 0 Å². The summed E-state index contributed by atoms with van der Waals surface area (Å²) in [5.74, 6) is 0.360. The molecule has 1 aliphatic heterocycles. The normalized spacial score (nSPS) is 19.2. The van der Waals surface area contributed by atoms with Crippen molar-refractivity contribution in [3.8, 4) is 5.75 Å². The van der Waals surface area contributed by atoms with E-state index in [4.69, 9.17) is 9.15 Å². The molecule has 1 aromatic heterocycles. The van der Waals surface area contributed by atoms with Crippen LogP contribution in [0.2, 0.25) is 0 Å². The molecule has 7 nitrogen and oxygen atoms in total. The number of nitrogens with zero attached hydrogens (tertiary/aromatic N) is 1. The molecule has 2 N–H and O–H groups in total. The number of benzene rings is 2. The van der Waals surface area contributed by atoms with Crippen molar-refractivity contribution in [2.24, 2.45) is 5.92 Å². The number of carbonyl (C=O) groups is 2. The molecule has 7 heteroatoms. The molecule has 1 saturated heterocycles. The minimum atomic E-state index is -0.943. The minimum Gasteiger partial charge on any atom is -0.497 e. The van der Waals surface area contributed by atoms with Crippen LogP contribution in [0.4, 0.5) is 5.69 Å². The molecule has 2 heterocycles. The Balaban J connectivity index is 1.64. The smallest absolute Gasteiger partial charge is 0.227 e. The molecule has 2 amide bonds. The first-order chi connectivity index (χ1) is 16.0. The molecule has 0 radical (unpaired) electrons. The minimum absolute atomic E-state index is 0.0245. The number of amides is 2. The second kappa shape index (κ2) is 9.92. The Kier molecular flexibility index (Phi) is 6.79. The fourth-order valence-electron chi connectivity index (χ4n) is 4.27. The molecule has 0 spiro atoms. The summed E-state index contributed by atoms with van der Waals surface area (Å²) in [4.78, 5) is 28.1. The van der Waals surface area contributed by atoms with Gasteiger partial charge in [-0.2, -0.15) is 0 Å². The summed E-state index contributed by atoms with van der Waals surface area (Å²) in [6.45, 7) is 2.01. The lowest BCUT2D eigenvalue weighted by molar-refractivity contribution is -0.129. The lowest BCUT2D eigenvalue weighted by Gasteiger charge is -2.41. The van der Waals surface area contributed by atoms with Crippen LogP contribution >= 0.6 is 0 Å². The average Bonchev–Trinajstić information content (AvgIpc) is 3.38. The Morgan fingerprint density at radius 1 is 1.18 bits per heavy atom. The summed E-state index contributed by atoms with van der Waals surface area (Å²) in [7, 11) is 1.60. The molecule has 0 aliphatic carbocycles. The first-order valence-corrected chi connectivity index (χ1v) is 11.0. The summed E-state index contributed by atoms with van der Waals surface area (Å²) in [6.07, 6.45) is 1.22. The molecule has 3 atom stereocenters. The van der Waals surface area contributed by atoms with E-state index < -0.39 is 18.1 Å². The number of hydrogen-bond donors (Lipinski definition) is 2. The number of piperidine rings is 1. The number of carbonyl (C=O) groups excluding carboxylic acids is 2. The van der Waals surface area contributed by atoms with Crippen LogP contribution in [0.1, 0.15) is 41.9 Å². The number of ether oxygens (including phenoxy) is 1. The Hall–Kier alpha value is -3.58. The molecule has 33 heavy (non-hydrogen) atoms. The molecular weight excluding hydrogens is 420 g/mol. The third kappa shape index (κ3) is 4.93. The van der Waals surface area contributed by atoms with Crippen LogP contribution in [-0.4, -0.2) is 30.6 Å². The summed E-state index contributed by atoms with van der Waals surface area (Å²) in [6, 6.07) is 18.0. The monoisotopic (exact) mass is 448 g/mol. The first-order valence-electron chi connectivity index (χ1n) is 11.0. The van der Waals surface area contributed by atoms with Gasteiger partial charge in [0.1, 0.15) is 17.6 Å². The van der Waals surface area contributed by atoms with Gasteiger partial charge in [-0.1, -0.05) is 29.8 Å². The van der Waals surface area contributed by atoms with Crippen LogP contribution in [0, 0.1) is 12.8 Å². The average molecular weight is 449 g/mol. The van der Waals surface area contributed by atoms with Gasteiger partial charge in [-0.25, -0.2) is 0 Å². The maximum atomic E-state index is 13.3. The van der Waals surface area contributed by atoms with Crippen molar-refractivity contribution in [2.45, 2.75) is 31.9 Å². The number of anilines is 1. The highest BCUT2D eigenvalue weighted by atomic mass is 16.5. The van der Waals surface area contributed by atoms with Gasteiger partial charge in [0.25, 0.3) is 0 Å². The van der Waals surface area contributed by atoms with Gasteiger partial charge in [0, 0.05) is 12.1 Å². The number of nitrogens with one attached hydrogen (secondary N) is 1. The largest absolute Gasteiger partial charge is 0.497 e. The number of aliphatic hydroxyl groups excluding tert-OH is 1. The van der Waals surface area contributed by atoms with Crippen molar-refractivity contribution in [1.82, 2.24) is 5.32 Å². The fourth-order valence-corrected chi connectivity index (χ4v) is 4.27. The molecule has 3 aromatic rings. The molecule has 3 unspecified atom stereocenters.